The van der Waals surface area contributed by atoms with Crippen molar-refractivity contribution >= 4 is 11.8 Å². The van der Waals surface area contributed by atoms with Gasteiger partial charge in [0.1, 0.15) is 6.10 Å². The van der Waals surface area contributed by atoms with Crippen LogP contribution in [-0.4, -0.2) is 38.7 Å². The Labute approximate surface area is 122 Å². The van der Waals surface area contributed by atoms with Crippen LogP contribution in [0.3, 0.4) is 0 Å². The normalized spacial score (nSPS) is 17.1. The lowest BCUT2D eigenvalue weighted by Gasteiger charge is -2.25. The summed E-state index contributed by atoms with van der Waals surface area (Å²) in [5.41, 5.74) is 1.13. The predicted octanol–water partition coefficient (Wildman–Crippen LogP) is 1.74. The van der Waals surface area contributed by atoms with Crippen molar-refractivity contribution in [2.45, 2.75) is 26.1 Å². The van der Waals surface area contributed by atoms with Crippen LogP contribution in [-0.2, 0) is 20.9 Å². The number of hydrogen-bond donors (Lipinski definition) is 0. The molecule has 114 valence electrons. The third-order valence-electron chi connectivity index (χ3n) is 3.29. The van der Waals surface area contributed by atoms with Crippen molar-refractivity contribution in [1.82, 2.24) is 0 Å². The zero-order valence-electron chi connectivity index (χ0n) is 12.3. The van der Waals surface area contributed by atoms with E-state index < -0.39 is 12.1 Å². The molecule has 1 aromatic rings. The molecular weight excluding hydrogens is 276 g/mol. The van der Waals surface area contributed by atoms with Gasteiger partial charge in [0.05, 0.1) is 33.9 Å². The Morgan fingerprint density at radius 1 is 1.33 bits per heavy atom. The average Bonchev–Trinajstić information content (AvgIpc) is 2.49. The topological polar surface area (TPSA) is 71.1 Å². The molecule has 6 heteroatoms. The third kappa shape index (κ3) is 3.00. The summed E-state index contributed by atoms with van der Waals surface area (Å²) in [6.45, 7) is 2.18. The molecule has 0 aliphatic carbocycles. The van der Waals surface area contributed by atoms with E-state index in [-0.39, 0.29) is 25.4 Å². The van der Waals surface area contributed by atoms with Gasteiger partial charge in [-0.15, -0.1) is 0 Å². The fourth-order valence-corrected chi connectivity index (χ4v) is 2.32. The van der Waals surface area contributed by atoms with Gasteiger partial charge in [-0.1, -0.05) is 0 Å². The maximum Gasteiger partial charge on any atom is 0.308 e. The highest BCUT2D eigenvalue weighted by Gasteiger charge is 2.33. The minimum atomic E-state index is -0.811. The lowest BCUT2D eigenvalue weighted by atomic mass is 9.95. The number of Topliss-reactive ketones (excluding diaryl/α,β-unsaturated/α-hetero) is 1. The second-order valence-electron chi connectivity index (χ2n) is 4.50. The van der Waals surface area contributed by atoms with Crippen LogP contribution >= 0.6 is 0 Å². The van der Waals surface area contributed by atoms with E-state index in [0.717, 1.165) is 0 Å². The first-order valence-corrected chi connectivity index (χ1v) is 6.67. The molecule has 1 heterocycles. The molecule has 0 aromatic heterocycles. The molecule has 0 spiro atoms. The first-order valence-electron chi connectivity index (χ1n) is 6.67. The van der Waals surface area contributed by atoms with Crippen LogP contribution in [0.1, 0.15) is 29.3 Å². The highest BCUT2D eigenvalue weighted by Crippen LogP contribution is 2.37. The van der Waals surface area contributed by atoms with Crippen LogP contribution < -0.4 is 9.47 Å². The molecule has 0 radical (unpaired) electrons. The predicted molar refractivity (Wildman–Crippen MR) is 73.7 cm³/mol. The third-order valence-corrected chi connectivity index (χ3v) is 3.29. The number of benzene rings is 1. The molecule has 0 saturated carbocycles. The van der Waals surface area contributed by atoms with Crippen molar-refractivity contribution in [3.8, 4) is 11.5 Å². The number of rotatable bonds is 5. The molecule has 1 aliphatic heterocycles. The summed E-state index contributed by atoms with van der Waals surface area (Å²) in [6, 6.07) is 3.34. The summed E-state index contributed by atoms with van der Waals surface area (Å²) < 4.78 is 20.8. The molecule has 1 aliphatic rings. The van der Waals surface area contributed by atoms with Crippen molar-refractivity contribution in [3.63, 3.8) is 0 Å². The van der Waals surface area contributed by atoms with Crippen molar-refractivity contribution < 1.29 is 28.5 Å². The van der Waals surface area contributed by atoms with Gasteiger partial charge in [-0.2, -0.15) is 0 Å². The quantitative estimate of drug-likeness (QED) is 0.770. The van der Waals surface area contributed by atoms with Crippen LogP contribution in [0.5, 0.6) is 11.5 Å². The molecule has 2 rings (SSSR count). The first kappa shape index (κ1) is 15.3. The molecule has 0 bridgehead atoms. The van der Waals surface area contributed by atoms with Gasteiger partial charge >= 0.3 is 5.97 Å². The Kier molecular flexibility index (Phi) is 4.80. The monoisotopic (exact) mass is 294 g/mol. The van der Waals surface area contributed by atoms with Crippen LogP contribution in [0, 0.1) is 0 Å². The standard InChI is InChI=1S/C15H18O6/c1-4-20-13(16)7-12-14(17)9-5-6-11(18-2)15(19-3)10(9)8-21-12/h5-6,12H,4,7-8H2,1-3H3. The zero-order chi connectivity index (χ0) is 15.4. The van der Waals surface area contributed by atoms with Crippen molar-refractivity contribution in [1.29, 1.82) is 0 Å². The van der Waals surface area contributed by atoms with Crippen molar-refractivity contribution in [3.05, 3.63) is 23.3 Å². The molecule has 1 atom stereocenters. The molecule has 0 fully saturated rings. The summed E-state index contributed by atoms with van der Waals surface area (Å²) in [4.78, 5) is 23.9. The van der Waals surface area contributed by atoms with Gasteiger partial charge in [-0.3, -0.25) is 9.59 Å². The number of fused-ring (bicyclic) bond motifs is 1. The smallest absolute Gasteiger partial charge is 0.308 e. The van der Waals surface area contributed by atoms with E-state index in [4.69, 9.17) is 18.9 Å². The average molecular weight is 294 g/mol. The van der Waals surface area contributed by atoms with Gasteiger partial charge in [0.25, 0.3) is 0 Å². The first-order chi connectivity index (χ1) is 10.1. The summed E-state index contributed by atoms with van der Waals surface area (Å²) in [7, 11) is 3.03. The number of methoxy groups -OCH3 is 2. The Morgan fingerprint density at radius 3 is 2.71 bits per heavy atom. The van der Waals surface area contributed by atoms with Crippen LogP contribution in [0.15, 0.2) is 12.1 Å². The lowest BCUT2D eigenvalue weighted by molar-refractivity contribution is -0.145. The van der Waals surface area contributed by atoms with E-state index >= 15 is 0 Å². The number of esters is 1. The maximum absolute atomic E-state index is 12.4. The van der Waals surface area contributed by atoms with Gasteiger partial charge in [0.15, 0.2) is 17.3 Å². The molecular formula is C15H18O6. The van der Waals surface area contributed by atoms with Gasteiger partial charge in [-0.25, -0.2) is 0 Å². The molecule has 1 aromatic carbocycles. The lowest BCUT2D eigenvalue weighted by Crippen LogP contribution is -2.33. The number of ether oxygens (including phenoxy) is 4. The van der Waals surface area contributed by atoms with Gasteiger partial charge in [0.2, 0.25) is 0 Å². The van der Waals surface area contributed by atoms with Crippen LogP contribution in [0.2, 0.25) is 0 Å². The molecule has 0 saturated heterocycles. The van der Waals surface area contributed by atoms with E-state index in [9.17, 15) is 9.59 Å². The van der Waals surface area contributed by atoms with E-state index in [1.54, 1.807) is 19.1 Å². The van der Waals surface area contributed by atoms with Crippen molar-refractivity contribution in [2.75, 3.05) is 20.8 Å². The summed E-state index contributed by atoms with van der Waals surface area (Å²) in [6.07, 6.45) is -0.893. The highest BCUT2D eigenvalue weighted by atomic mass is 16.5. The van der Waals surface area contributed by atoms with Gasteiger partial charge < -0.3 is 18.9 Å². The SMILES string of the molecule is CCOC(=O)CC1OCc2c(ccc(OC)c2OC)C1=O. The zero-order valence-corrected chi connectivity index (χ0v) is 12.3. The Hall–Kier alpha value is -2.08. The summed E-state index contributed by atoms with van der Waals surface area (Å²) in [5, 5.41) is 0. The minimum absolute atomic E-state index is 0.0829. The number of carbonyl (C=O) groups excluding carboxylic acids is 2. The molecule has 1 unspecified atom stereocenters. The fraction of sp³-hybridized carbons (Fsp3) is 0.467. The maximum atomic E-state index is 12.4. The molecule has 0 amide bonds. The van der Waals surface area contributed by atoms with Crippen molar-refractivity contribution in [2.24, 2.45) is 0 Å². The summed E-state index contributed by atoms with van der Waals surface area (Å²) in [5.74, 6) is 0.333. The van der Waals surface area contributed by atoms with E-state index in [0.29, 0.717) is 22.6 Å². The number of carbonyl (C=O) groups is 2. The minimum Gasteiger partial charge on any atom is -0.493 e. The molecule has 6 nitrogen and oxygen atoms in total. The number of ketones is 1. The molecule has 21 heavy (non-hydrogen) atoms. The van der Waals surface area contributed by atoms with E-state index in [2.05, 4.69) is 0 Å². The fourth-order valence-electron chi connectivity index (χ4n) is 2.32. The Bertz CT molecular complexity index is 551. The molecule has 0 N–H and O–H groups in total. The van der Waals surface area contributed by atoms with Crippen LogP contribution in [0.25, 0.3) is 0 Å². The summed E-state index contributed by atoms with van der Waals surface area (Å²) >= 11 is 0. The van der Waals surface area contributed by atoms with Gasteiger partial charge in [-0.05, 0) is 19.1 Å². The van der Waals surface area contributed by atoms with Crippen LogP contribution in [0.4, 0.5) is 0 Å². The van der Waals surface area contributed by atoms with Gasteiger partial charge in [0, 0.05) is 11.1 Å². The largest absolute Gasteiger partial charge is 0.493 e. The van der Waals surface area contributed by atoms with E-state index in [1.165, 1.54) is 14.2 Å². The number of hydrogen-bond acceptors (Lipinski definition) is 6. The Balaban J connectivity index is 2.26. The Morgan fingerprint density at radius 2 is 2.10 bits per heavy atom. The second-order valence-corrected chi connectivity index (χ2v) is 4.50. The highest BCUT2D eigenvalue weighted by molar-refractivity contribution is 6.03. The second kappa shape index (κ2) is 6.58. The van der Waals surface area contributed by atoms with E-state index in [1.807, 2.05) is 0 Å².